The molecule has 0 aliphatic rings. The van der Waals surface area contributed by atoms with Gasteiger partial charge in [0.05, 0.1) is 13.3 Å². The molecule has 1 atom stereocenters. The zero-order valence-electron chi connectivity index (χ0n) is 11.5. The molecule has 5 nitrogen and oxygen atoms in total. The van der Waals surface area contributed by atoms with Gasteiger partial charge in [0.1, 0.15) is 11.8 Å². The molecule has 0 amide bonds. The molecule has 2 rings (SSSR count). The predicted octanol–water partition coefficient (Wildman–Crippen LogP) is 1.95. The van der Waals surface area contributed by atoms with Crippen molar-refractivity contribution in [3.63, 3.8) is 0 Å². The lowest BCUT2D eigenvalue weighted by atomic mass is 10.0. The van der Waals surface area contributed by atoms with Crippen molar-refractivity contribution in [3.05, 3.63) is 41.5 Å². The van der Waals surface area contributed by atoms with E-state index in [1.165, 1.54) is 0 Å². The van der Waals surface area contributed by atoms with Gasteiger partial charge in [-0.3, -0.25) is 9.67 Å². The van der Waals surface area contributed by atoms with Crippen molar-refractivity contribution in [1.82, 2.24) is 14.8 Å². The smallest absolute Gasteiger partial charge is 0.163 e. The number of hydrogen-bond donors (Lipinski definition) is 1. The highest BCUT2D eigenvalue weighted by Crippen LogP contribution is 2.31. The quantitative estimate of drug-likeness (QED) is 0.893. The van der Waals surface area contributed by atoms with Crippen LogP contribution in [-0.2, 0) is 13.0 Å². The lowest BCUT2D eigenvalue weighted by Gasteiger charge is -2.17. The van der Waals surface area contributed by atoms with Crippen molar-refractivity contribution in [2.45, 2.75) is 32.9 Å². The maximum Gasteiger partial charge on any atom is 0.163 e. The fourth-order valence-corrected chi connectivity index (χ4v) is 2.21. The van der Waals surface area contributed by atoms with E-state index in [-0.39, 0.29) is 0 Å². The molecule has 0 fully saturated rings. The number of aromatic nitrogens is 3. The fraction of sp³-hybridized carbons (Fsp3) is 0.429. The number of aliphatic hydroxyl groups excluding tert-OH is 1. The summed E-state index contributed by atoms with van der Waals surface area (Å²) >= 11 is 0. The van der Waals surface area contributed by atoms with Crippen LogP contribution in [0.1, 0.15) is 36.8 Å². The Kier molecular flexibility index (Phi) is 4.16. The lowest BCUT2D eigenvalue weighted by Crippen LogP contribution is -2.12. The van der Waals surface area contributed by atoms with Gasteiger partial charge in [0.25, 0.3) is 0 Å². The minimum Gasteiger partial charge on any atom is -0.493 e. The average molecular weight is 261 g/mol. The molecule has 0 aliphatic carbocycles. The summed E-state index contributed by atoms with van der Waals surface area (Å²) in [5, 5.41) is 14.9. The number of pyridine rings is 1. The monoisotopic (exact) mass is 261 g/mol. The van der Waals surface area contributed by atoms with E-state index in [0.717, 1.165) is 17.5 Å². The van der Waals surface area contributed by atoms with Gasteiger partial charge in [0.2, 0.25) is 0 Å². The topological polar surface area (TPSA) is 60.2 Å². The second-order valence-electron chi connectivity index (χ2n) is 4.24. The van der Waals surface area contributed by atoms with E-state index >= 15 is 0 Å². The largest absolute Gasteiger partial charge is 0.493 e. The molecule has 0 bridgehead atoms. The van der Waals surface area contributed by atoms with Gasteiger partial charge in [-0.05, 0) is 30.5 Å². The Morgan fingerprint density at radius 1 is 1.37 bits per heavy atom. The standard InChI is InChI=1S/C14H19N3O2/c1-4-10-8-15-7-6-11(10)14(18)13-12(19-3)9-16-17(13)5-2/h6-9,14,18H,4-5H2,1-3H3. The molecule has 5 heteroatoms. The average Bonchev–Trinajstić information content (AvgIpc) is 2.89. The minimum absolute atomic E-state index is 0.605. The molecular weight excluding hydrogens is 242 g/mol. The zero-order chi connectivity index (χ0) is 13.8. The van der Waals surface area contributed by atoms with Gasteiger partial charge >= 0.3 is 0 Å². The predicted molar refractivity (Wildman–Crippen MR) is 72.1 cm³/mol. The highest BCUT2D eigenvalue weighted by molar-refractivity contribution is 5.37. The SMILES string of the molecule is CCc1cnccc1C(O)c1c(OC)cnn1CC. The molecular formula is C14H19N3O2. The van der Waals surface area contributed by atoms with Crippen molar-refractivity contribution in [3.8, 4) is 5.75 Å². The van der Waals surface area contributed by atoms with Crippen molar-refractivity contribution in [2.75, 3.05) is 7.11 Å². The molecule has 0 aliphatic heterocycles. The van der Waals surface area contributed by atoms with Gasteiger partial charge in [0, 0.05) is 18.9 Å². The number of rotatable bonds is 5. The number of aliphatic hydroxyl groups is 1. The minimum atomic E-state index is -0.754. The molecule has 1 unspecified atom stereocenters. The van der Waals surface area contributed by atoms with Gasteiger partial charge in [-0.2, -0.15) is 5.10 Å². The molecule has 2 heterocycles. The van der Waals surface area contributed by atoms with Gasteiger partial charge < -0.3 is 9.84 Å². The normalized spacial score (nSPS) is 12.4. The Bertz CT molecular complexity index is 530. The third-order valence-corrected chi connectivity index (χ3v) is 3.24. The molecule has 0 aromatic carbocycles. The maximum atomic E-state index is 10.6. The Balaban J connectivity index is 2.49. The number of methoxy groups -OCH3 is 1. The Morgan fingerprint density at radius 3 is 2.79 bits per heavy atom. The molecule has 19 heavy (non-hydrogen) atoms. The van der Waals surface area contributed by atoms with Crippen LogP contribution in [0.4, 0.5) is 0 Å². The van der Waals surface area contributed by atoms with Gasteiger partial charge in [-0.15, -0.1) is 0 Å². The molecule has 2 aromatic rings. The van der Waals surface area contributed by atoms with Crippen LogP contribution in [0.3, 0.4) is 0 Å². The summed E-state index contributed by atoms with van der Waals surface area (Å²) < 4.78 is 7.04. The summed E-state index contributed by atoms with van der Waals surface area (Å²) in [4.78, 5) is 4.10. The van der Waals surface area contributed by atoms with Crippen LogP contribution in [0.15, 0.2) is 24.7 Å². The number of aryl methyl sites for hydroxylation is 2. The van der Waals surface area contributed by atoms with E-state index < -0.39 is 6.10 Å². The summed E-state index contributed by atoms with van der Waals surface area (Å²) in [6.07, 6.45) is 5.18. The van der Waals surface area contributed by atoms with E-state index in [9.17, 15) is 5.11 Å². The number of nitrogens with zero attached hydrogens (tertiary/aromatic N) is 3. The highest BCUT2D eigenvalue weighted by Gasteiger charge is 2.22. The van der Waals surface area contributed by atoms with Crippen LogP contribution >= 0.6 is 0 Å². The van der Waals surface area contributed by atoms with E-state index in [4.69, 9.17) is 4.74 Å². The second-order valence-corrected chi connectivity index (χ2v) is 4.24. The van der Waals surface area contributed by atoms with Gasteiger partial charge in [-0.25, -0.2) is 0 Å². The molecule has 0 saturated heterocycles. The first-order valence-corrected chi connectivity index (χ1v) is 6.43. The zero-order valence-corrected chi connectivity index (χ0v) is 11.5. The van der Waals surface area contributed by atoms with Crippen molar-refractivity contribution < 1.29 is 9.84 Å². The van der Waals surface area contributed by atoms with Crippen LogP contribution in [-0.4, -0.2) is 27.0 Å². The molecule has 0 radical (unpaired) electrons. The first-order chi connectivity index (χ1) is 9.22. The lowest BCUT2D eigenvalue weighted by molar-refractivity contribution is 0.201. The summed E-state index contributed by atoms with van der Waals surface area (Å²) in [5.41, 5.74) is 2.57. The van der Waals surface area contributed by atoms with Crippen LogP contribution in [0, 0.1) is 0 Å². The van der Waals surface area contributed by atoms with Crippen molar-refractivity contribution in [2.24, 2.45) is 0 Å². The van der Waals surface area contributed by atoms with E-state index in [0.29, 0.717) is 18.0 Å². The third-order valence-electron chi connectivity index (χ3n) is 3.24. The Morgan fingerprint density at radius 2 is 2.16 bits per heavy atom. The number of hydrogen-bond acceptors (Lipinski definition) is 4. The van der Waals surface area contributed by atoms with Crippen LogP contribution < -0.4 is 4.74 Å². The number of ether oxygens (including phenoxy) is 1. The summed E-state index contributed by atoms with van der Waals surface area (Å²) in [5.74, 6) is 0.605. The Hall–Kier alpha value is -1.88. The molecule has 2 aromatic heterocycles. The van der Waals surface area contributed by atoms with E-state index in [1.807, 2.05) is 19.9 Å². The van der Waals surface area contributed by atoms with Crippen LogP contribution in [0.25, 0.3) is 0 Å². The summed E-state index contributed by atoms with van der Waals surface area (Å²) in [7, 11) is 1.58. The van der Waals surface area contributed by atoms with E-state index in [2.05, 4.69) is 10.1 Å². The molecule has 0 saturated carbocycles. The maximum absolute atomic E-state index is 10.6. The van der Waals surface area contributed by atoms with Gasteiger partial charge in [0.15, 0.2) is 5.75 Å². The molecule has 1 N–H and O–H groups in total. The first kappa shape index (κ1) is 13.5. The fourth-order valence-electron chi connectivity index (χ4n) is 2.21. The second kappa shape index (κ2) is 5.84. The first-order valence-electron chi connectivity index (χ1n) is 6.43. The van der Waals surface area contributed by atoms with Gasteiger partial charge in [-0.1, -0.05) is 6.92 Å². The third kappa shape index (κ3) is 2.46. The van der Waals surface area contributed by atoms with Crippen molar-refractivity contribution >= 4 is 0 Å². The highest BCUT2D eigenvalue weighted by atomic mass is 16.5. The van der Waals surface area contributed by atoms with Crippen molar-refractivity contribution in [1.29, 1.82) is 0 Å². The molecule has 102 valence electrons. The molecule has 0 spiro atoms. The van der Waals surface area contributed by atoms with E-state index in [1.54, 1.807) is 30.4 Å². The summed E-state index contributed by atoms with van der Waals surface area (Å²) in [6.45, 7) is 4.71. The van der Waals surface area contributed by atoms with Crippen LogP contribution in [0.2, 0.25) is 0 Å². The Labute approximate surface area is 112 Å². The summed E-state index contributed by atoms with van der Waals surface area (Å²) in [6, 6.07) is 1.84. The van der Waals surface area contributed by atoms with Crippen LogP contribution in [0.5, 0.6) is 5.75 Å².